The molecular weight excluding hydrogens is 280 g/mol. The molecule has 1 heterocycles. The van der Waals surface area contributed by atoms with E-state index in [0.29, 0.717) is 5.58 Å². The van der Waals surface area contributed by atoms with Gasteiger partial charge in [0.25, 0.3) is 5.91 Å². The first-order valence-corrected chi connectivity index (χ1v) is 7.73. The quantitative estimate of drug-likeness (QED) is 0.926. The first kappa shape index (κ1) is 14.4. The van der Waals surface area contributed by atoms with Crippen molar-refractivity contribution in [1.29, 1.82) is 0 Å². The van der Waals surface area contributed by atoms with Gasteiger partial charge in [-0.1, -0.05) is 0 Å². The van der Waals surface area contributed by atoms with Gasteiger partial charge in [0.05, 0.1) is 5.75 Å². The van der Waals surface area contributed by atoms with E-state index in [2.05, 4.69) is 0 Å². The average molecular weight is 296 g/mol. The van der Waals surface area contributed by atoms with Crippen molar-refractivity contribution in [2.45, 2.75) is 6.92 Å². The van der Waals surface area contributed by atoms with E-state index in [-0.39, 0.29) is 11.5 Å². The van der Waals surface area contributed by atoms with Crippen molar-refractivity contribution < 1.29 is 17.6 Å². The molecule has 1 N–H and O–H groups in total. The van der Waals surface area contributed by atoms with Crippen molar-refractivity contribution in [3.05, 3.63) is 30.0 Å². The topological polar surface area (TPSA) is 79.6 Å². The van der Waals surface area contributed by atoms with Gasteiger partial charge in [0.15, 0.2) is 5.76 Å². The Labute approximate surface area is 117 Å². The minimum Gasteiger partial charge on any atom is -0.451 e. The van der Waals surface area contributed by atoms with Crippen molar-refractivity contribution in [1.82, 2.24) is 4.72 Å². The minimum atomic E-state index is -3.59. The molecule has 0 fully saturated rings. The van der Waals surface area contributed by atoms with Gasteiger partial charge in [0.2, 0.25) is 10.0 Å². The lowest BCUT2D eigenvalue weighted by molar-refractivity contribution is 0.0956. The summed E-state index contributed by atoms with van der Waals surface area (Å²) in [4.78, 5) is 13.7. The smallest absolute Gasteiger partial charge is 0.300 e. The molecule has 0 atom stereocenters. The van der Waals surface area contributed by atoms with Gasteiger partial charge in [-0.15, -0.1) is 0 Å². The molecule has 0 spiro atoms. The number of hydrogen-bond acceptors (Lipinski definition) is 5. The van der Waals surface area contributed by atoms with E-state index in [1.54, 1.807) is 6.07 Å². The van der Waals surface area contributed by atoms with Gasteiger partial charge in [-0.2, -0.15) is 0 Å². The number of nitrogens with one attached hydrogen (secondary N) is 1. The second kappa shape index (κ2) is 5.16. The molecule has 0 aliphatic rings. The summed E-state index contributed by atoms with van der Waals surface area (Å²) >= 11 is 0. The number of carbonyl (C=O) groups is 1. The minimum absolute atomic E-state index is 0.0204. The van der Waals surface area contributed by atoms with E-state index in [1.165, 1.54) is 13.0 Å². The van der Waals surface area contributed by atoms with Gasteiger partial charge < -0.3 is 9.32 Å². The molecule has 7 heteroatoms. The summed E-state index contributed by atoms with van der Waals surface area (Å²) < 4.78 is 30.1. The third-order valence-electron chi connectivity index (χ3n) is 2.87. The van der Waals surface area contributed by atoms with Gasteiger partial charge in [0.1, 0.15) is 5.58 Å². The van der Waals surface area contributed by atoms with Crippen LogP contribution in [0.3, 0.4) is 0 Å². The van der Waals surface area contributed by atoms with Crippen molar-refractivity contribution in [3.63, 3.8) is 0 Å². The summed E-state index contributed by atoms with van der Waals surface area (Å²) in [6.45, 7) is 1.46. The SMILES string of the molecule is CCS(=O)(=O)NC(=O)c1cc2ccc(N(C)C)cc2o1. The fraction of sp³-hybridized carbons (Fsp3) is 0.308. The van der Waals surface area contributed by atoms with E-state index in [4.69, 9.17) is 4.42 Å². The average Bonchev–Trinajstić information content (AvgIpc) is 2.81. The summed E-state index contributed by atoms with van der Waals surface area (Å²) in [5, 5.41) is 0.745. The molecule has 2 rings (SSSR count). The molecule has 0 unspecified atom stereocenters. The van der Waals surface area contributed by atoms with Crippen LogP contribution in [0.4, 0.5) is 5.69 Å². The number of furan rings is 1. The largest absolute Gasteiger partial charge is 0.451 e. The number of nitrogens with zero attached hydrogens (tertiary/aromatic N) is 1. The second-order valence-corrected chi connectivity index (χ2v) is 6.57. The Morgan fingerprint density at radius 2 is 2.00 bits per heavy atom. The van der Waals surface area contributed by atoms with Crippen LogP contribution in [-0.2, 0) is 10.0 Å². The molecule has 20 heavy (non-hydrogen) atoms. The van der Waals surface area contributed by atoms with E-state index in [9.17, 15) is 13.2 Å². The number of carbonyl (C=O) groups excluding carboxylic acids is 1. The van der Waals surface area contributed by atoms with Crippen molar-refractivity contribution >= 4 is 32.6 Å². The summed E-state index contributed by atoms with van der Waals surface area (Å²) in [6, 6.07) is 7.03. The van der Waals surface area contributed by atoms with Gasteiger partial charge in [0, 0.05) is 31.2 Å². The van der Waals surface area contributed by atoms with Crippen LogP contribution in [-0.4, -0.2) is 34.2 Å². The molecule has 6 nitrogen and oxygen atoms in total. The lowest BCUT2D eigenvalue weighted by Gasteiger charge is -2.11. The third kappa shape index (κ3) is 2.93. The molecule has 0 radical (unpaired) electrons. The Morgan fingerprint density at radius 3 is 2.60 bits per heavy atom. The molecule has 1 amide bonds. The Balaban J connectivity index is 2.34. The highest BCUT2D eigenvalue weighted by atomic mass is 32.2. The number of benzene rings is 1. The summed E-state index contributed by atoms with van der Waals surface area (Å²) in [7, 11) is 0.195. The molecule has 0 aliphatic heterocycles. The second-order valence-electron chi connectivity index (χ2n) is 4.56. The number of amides is 1. The molecule has 2 aromatic rings. The highest BCUT2D eigenvalue weighted by Gasteiger charge is 2.18. The molecule has 108 valence electrons. The molecule has 1 aromatic heterocycles. The molecule has 1 aromatic carbocycles. The zero-order valence-corrected chi connectivity index (χ0v) is 12.3. The van der Waals surface area contributed by atoms with Gasteiger partial charge in [-0.05, 0) is 25.1 Å². The fourth-order valence-corrected chi connectivity index (χ4v) is 2.20. The Morgan fingerprint density at radius 1 is 1.30 bits per heavy atom. The van der Waals surface area contributed by atoms with Gasteiger partial charge in [-0.25, -0.2) is 13.1 Å². The number of fused-ring (bicyclic) bond motifs is 1. The zero-order chi connectivity index (χ0) is 14.9. The number of rotatable bonds is 4. The molecule has 0 bridgehead atoms. The normalized spacial score (nSPS) is 11.6. The lowest BCUT2D eigenvalue weighted by Crippen LogP contribution is -2.31. The Bertz CT molecular complexity index is 747. The van der Waals surface area contributed by atoms with Crippen LogP contribution in [0.15, 0.2) is 28.7 Å². The number of anilines is 1. The predicted octanol–water partition coefficient (Wildman–Crippen LogP) is 1.58. The maximum absolute atomic E-state index is 11.8. The third-order valence-corrected chi connectivity index (χ3v) is 4.13. The standard InChI is InChI=1S/C13H16N2O4S/c1-4-20(17,18)14-13(16)12-7-9-5-6-10(15(2)3)8-11(9)19-12/h5-8H,4H2,1-3H3,(H,14,16). The first-order valence-electron chi connectivity index (χ1n) is 6.08. The van der Waals surface area contributed by atoms with E-state index >= 15 is 0 Å². The van der Waals surface area contributed by atoms with E-state index in [1.807, 2.05) is 35.9 Å². The van der Waals surface area contributed by atoms with Crippen LogP contribution in [0.2, 0.25) is 0 Å². The van der Waals surface area contributed by atoms with Crippen LogP contribution in [0.25, 0.3) is 11.0 Å². The predicted molar refractivity (Wildman–Crippen MR) is 77.5 cm³/mol. The maximum atomic E-state index is 11.8. The number of hydrogen-bond donors (Lipinski definition) is 1. The van der Waals surface area contributed by atoms with Gasteiger partial charge in [-0.3, -0.25) is 4.79 Å². The van der Waals surface area contributed by atoms with Crippen LogP contribution >= 0.6 is 0 Å². The maximum Gasteiger partial charge on any atom is 0.300 e. The molecule has 0 saturated carbocycles. The van der Waals surface area contributed by atoms with Crippen molar-refractivity contribution in [2.75, 3.05) is 24.7 Å². The van der Waals surface area contributed by atoms with E-state index in [0.717, 1.165) is 11.1 Å². The zero-order valence-electron chi connectivity index (χ0n) is 11.5. The fourth-order valence-electron chi connectivity index (χ4n) is 1.67. The van der Waals surface area contributed by atoms with Crippen molar-refractivity contribution in [3.8, 4) is 0 Å². The lowest BCUT2D eigenvalue weighted by atomic mass is 10.2. The van der Waals surface area contributed by atoms with E-state index < -0.39 is 15.9 Å². The van der Waals surface area contributed by atoms with Crippen LogP contribution in [0.5, 0.6) is 0 Å². The highest BCUT2D eigenvalue weighted by Crippen LogP contribution is 2.24. The van der Waals surface area contributed by atoms with Gasteiger partial charge >= 0.3 is 0 Å². The Kier molecular flexibility index (Phi) is 3.71. The monoisotopic (exact) mass is 296 g/mol. The molecule has 0 aliphatic carbocycles. The van der Waals surface area contributed by atoms with Crippen molar-refractivity contribution in [2.24, 2.45) is 0 Å². The van der Waals surface area contributed by atoms with Crippen LogP contribution < -0.4 is 9.62 Å². The molecule has 0 saturated heterocycles. The Hall–Kier alpha value is -2.02. The van der Waals surface area contributed by atoms with Crippen LogP contribution in [0.1, 0.15) is 17.5 Å². The first-order chi connectivity index (χ1) is 9.32. The molecular formula is C13H16N2O4S. The van der Waals surface area contributed by atoms with Crippen LogP contribution in [0, 0.1) is 0 Å². The summed E-state index contributed by atoms with van der Waals surface area (Å²) in [6.07, 6.45) is 0. The summed E-state index contributed by atoms with van der Waals surface area (Å²) in [5.41, 5.74) is 1.47. The highest BCUT2D eigenvalue weighted by molar-refractivity contribution is 7.90. The summed E-state index contributed by atoms with van der Waals surface area (Å²) in [5.74, 6) is -0.939. The number of sulfonamides is 1.